The van der Waals surface area contributed by atoms with Gasteiger partial charge in [-0.2, -0.15) is 0 Å². The quantitative estimate of drug-likeness (QED) is 0.660. The van der Waals surface area contributed by atoms with E-state index in [1.54, 1.807) is 16.7 Å². The molecule has 1 rings (SSSR count). The number of nitrogens with one attached hydrogen (secondary N) is 2. The zero-order chi connectivity index (χ0) is 13.4. The van der Waals surface area contributed by atoms with Gasteiger partial charge in [0.15, 0.2) is 0 Å². The molecule has 0 spiro atoms. The average molecular weight is 273 g/mol. The van der Waals surface area contributed by atoms with Gasteiger partial charge in [0.2, 0.25) is 11.8 Å². The number of nitrogens with zero attached hydrogens (tertiary/aromatic N) is 1. The van der Waals surface area contributed by atoms with Gasteiger partial charge in [0.1, 0.15) is 6.04 Å². The van der Waals surface area contributed by atoms with Crippen LogP contribution in [0.5, 0.6) is 0 Å². The largest absolute Gasteiger partial charge is 0.353 e. The molecule has 2 N–H and O–H groups in total. The van der Waals surface area contributed by atoms with Crippen LogP contribution in [-0.4, -0.2) is 54.0 Å². The lowest BCUT2D eigenvalue weighted by Crippen LogP contribution is -2.48. The zero-order valence-corrected chi connectivity index (χ0v) is 12.0. The highest BCUT2D eigenvalue weighted by atomic mass is 32.2. The molecule has 6 heteroatoms. The molecule has 1 aliphatic heterocycles. The van der Waals surface area contributed by atoms with Gasteiger partial charge in [-0.05, 0) is 13.0 Å². The van der Waals surface area contributed by atoms with E-state index in [2.05, 4.69) is 17.6 Å². The third-order valence-corrected chi connectivity index (χ3v) is 3.85. The minimum Gasteiger partial charge on any atom is -0.353 e. The molecule has 1 atom stereocenters. The Bertz CT molecular complexity index is 286. The highest BCUT2D eigenvalue weighted by Crippen LogP contribution is 2.21. The topological polar surface area (TPSA) is 61.4 Å². The molecule has 0 saturated carbocycles. The number of carbonyl (C=O) groups excluding carboxylic acids is 2. The van der Waals surface area contributed by atoms with Crippen molar-refractivity contribution in [2.75, 3.05) is 31.3 Å². The lowest BCUT2D eigenvalue weighted by molar-refractivity contribution is -0.137. The van der Waals surface area contributed by atoms with Crippen LogP contribution in [0.1, 0.15) is 26.7 Å². The van der Waals surface area contributed by atoms with Gasteiger partial charge in [-0.1, -0.05) is 13.8 Å². The summed E-state index contributed by atoms with van der Waals surface area (Å²) in [5.74, 6) is 1.38. The third-order valence-electron chi connectivity index (χ3n) is 2.84. The molecule has 1 unspecified atom stereocenters. The Balaban J connectivity index is 2.29. The van der Waals surface area contributed by atoms with Crippen molar-refractivity contribution in [2.24, 2.45) is 0 Å². The summed E-state index contributed by atoms with van der Waals surface area (Å²) in [5, 5.41) is 6.11. The van der Waals surface area contributed by atoms with Crippen molar-refractivity contribution in [3.8, 4) is 0 Å². The normalized spacial score (nSPS) is 19.0. The number of hydrogen-bond donors (Lipinski definition) is 2. The van der Waals surface area contributed by atoms with Crippen LogP contribution in [0.4, 0.5) is 0 Å². The predicted octanol–water partition coefficient (Wildman–Crippen LogP) is 0.414. The van der Waals surface area contributed by atoms with E-state index in [0.29, 0.717) is 24.6 Å². The van der Waals surface area contributed by atoms with E-state index in [1.165, 1.54) is 0 Å². The molecule has 0 radical (unpaired) electrons. The summed E-state index contributed by atoms with van der Waals surface area (Å²) in [7, 11) is 0. The van der Waals surface area contributed by atoms with Crippen molar-refractivity contribution < 1.29 is 9.59 Å². The Kier molecular flexibility index (Phi) is 7.12. The minimum atomic E-state index is -0.284. The summed E-state index contributed by atoms with van der Waals surface area (Å²) in [6.07, 6.45) is 1.55. The molecule has 0 aromatic carbocycles. The van der Waals surface area contributed by atoms with Crippen LogP contribution in [0.15, 0.2) is 0 Å². The lowest BCUT2D eigenvalue weighted by atomic mass is 10.2. The van der Waals surface area contributed by atoms with Crippen molar-refractivity contribution in [1.82, 2.24) is 15.5 Å². The van der Waals surface area contributed by atoms with E-state index in [4.69, 9.17) is 0 Å². The van der Waals surface area contributed by atoms with Gasteiger partial charge in [-0.15, -0.1) is 11.8 Å². The highest BCUT2D eigenvalue weighted by Gasteiger charge is 2.33. The SMILES string of the molecule is CCCNCCNC(=O)C1CSCN1C(=O)CC. The van der Waals surface area contributed by atoms with Crippen LogP contribution in [0.25, 0.3) is 0 Å². The first-order chi connectivity index (χ1) is 8.70. The summed E-state index contributed by atoms with van der Waals surface area (Å²) < 4.78 is 0. The van der Waals surface area contributed by atoms with Crippen LogP contribution < -0.4 is 10.6 Å². The Morgan fingerprint density at radius 3 is 2.72 bits per heavy atom. The fourth-order valence-electron chi connectivity index (χ4n) is 1.80. The molecule has 1 fully saturated rings. The van der Waals surface area contributed by atoms with Gasteiger partial charge in [-0.25, -0.2) is 0 Å². The first-order valence-electron chi connectivity index (χ1n) is 6.56. The summed E-state index contributed by atoms with van der Waals surface area (Å²) in [4.78, 5) is 25.3. The van der Waals surface area contributed by atoms with Crippen molar-refractivity contribution >= 4 is 23.6 Å². The van der Waals surface area contributed by atoms with Crippen molar-refractivity contribution in [3.63, 3.8) is 0 Å². The third kappa shape index (κ3) is 4.49. The van der Waals surface area contributed by atoms with Crippen LogP contribution in [0, 0.1) is 0 Å². The van der Waals surface area contributed by atoms with Gasteiger partial charge < -0.3 is 15.5 Å². The first-order valence-corrected chi connectivity index (χ1v) is 7.71. The highest BCUT2D eigenvalue weighted by molar-refractivity contribution is 7.99. The Hall–Kier alpha value is -0.750. The van der Waals surface area contributed by atoms with Crippen LogP contribution in [0.3, 0.4) is 0 Å². The molecule has 0 aliphatic carbocycles. The summed E-state index contributed by atoms with van der Waals surface area (Å²) in [6, 6.07) is -0.284. The maximum absolute atomic E-state index is 12.0. The van der Waals surface area contributed by atoms with Crippen LogP contribution in [-0.2, 0) is 9.59 Å². The van der Waals surface area contributed by atoms with E-state index in [1.807, 2.05) is 6.92 Å². The number of amides is 2. The fourth-order valence-corrected chi connectivity index (χ4v) is 2.98. The molecular weight excluding hydrogens is 250 g/mol. The second-order valence-corrected chi connectivity index (χ2v) is 5.27. The molecule has 104 valence electrons. The van der Waals surface area contributed by atoms with Crippen LogP contribution in [0.2, 0.25) is 0 Å². The maximum atomic E-state index is 12.0. The van der Waals surface area contributed by atoms with Crippen molar-refractivity contribution in [1.29, 1.82) is 0 Å². The maximum Gasteiger partial charge on any atom is 0.243 e. The predicted molar refractivity (Wildman–Crippen MR) is 74.4 cm³/mol. The Labute approximate surface area is 113 Å². The van der Waals surface area contributed by atoms with Gasteiger partial charge in [0.25, 0.3) is 0 Å². The van der Waals surface area contributed by atoms with Gasteiger partial charge in [0.05, 0.1) is 5.88 Å². The number of rotatable bonds is 7. The zero-order valence-electron chi connectivity index (χ0n) is 11.2. The van der Waals surface area contributed by atoms with E-state index >= 15 is 0 Å². The van der Waals surface area contributed by atoms with E-state index in [9.17, 15) is 9.59 Å². The van der Waals surface area contributed by atoms with Gasteiger partial charge in [0, 0.05) is 25.3 Å². The van der Waals surface area contributed by atoms with Crippen LogP contribution >= 0.6 is 11.8 Å². The molecule has 0 bridgehead atoms. The molecule has 2 amide bonds. The number of hydrogen-bond acceptors (Lipinski definition) is 4. The second kappa shape index (κ2) is 8.37. The van der Waals surface area contributed by atoms with E-state index < -0.39 is 0 Å². The average Bonchev–Trinajstić information content (AvgIpc) is 2.86. The molecule has 18 heavy (non-hydrogen) atoms. The number of carbonyl (C=O) groups is 2. The second-order valence-electron chi connectivity index (χ2n) is 4.27. The van der Waals surface area contributed by atoms with Gasteiger partial charge >= 0.3 is 0 Å². The van der Waals surface area contributed by atoms with Crippen molar-refractivity contribution in [3.05, 3.63) is 0 Å². The summed E-state index contributed by atoms with van der Waals surface area (Å²) in [5.41, 5.74) is 0. The number of thioether (sulfide) groups is 1. The van der Waals surface area contributed by atoms with Gasteiger partial charge in [-0.3, -0.25) is 9.59 Å². The molecular formula is C12H23N3O2S. The lowest BCUT2D eigenvalue weighted by Gasteiger charge is -2.22. The van der Waals surface area contributed by atoms with E-state index in [0.717, 1.165) is 19.5 Å². The molecule has 1 aliphatic rings. The Morgan fingerprint density at radius 2 is 2.06 bits per heavy atom. The molecule has 1 saturated heterocycles. The monoisotopic (exact) mass is 273 g/mol. The molecule has 0 aromatic heterocycles. The standard InChI is InChI=1S/C12H23N3O2S/c1-3-5-13-6-7-14-12(17)10-8-18-9-15(10)11(16)4-2/h10,13H,3-9H2,1-2H3,(H,14,17). The van der Waals surface area contributed by atoms with E-state index in [-0.39, 0.29) is 17.9 Å². The molecule has 1 heterocycles. The molecule has 0 aromatic rings. The summed E-state index contributed by atoms with van der Waals surface area (Å²) in [6.45, 7) is 6.30. The minimum absolute atomic E-state index is 0.0277. The summed E-state index contributed by atoms with van der Waals surface area (Å²) >= 11 is 1.64. The van der Waals surface area contributed by atoms with Crippen molar-refractivity contribution in [2.45, 2.75) is 32.7 Å². The smallest absolute Gasteiger partial charge is 0.243 e. The first kappa shape index (κ1) is 15.3. The Morgan fingerprint density at radius 1 is 1.28 bits per heavy atom. The fraction of sp³-hybridized carbons (Fsp3) is 0.833. The molecule has 5 nitrogen and oxygen atoms in total.